The molecular weight excluding hydrogens is 254 g/mol. The van der Waals surface area contributed by atoms with Gasteiger partial charge in [-0.3, -0.25) is 4.79 Å². The first-order valence-electron chi connectivity index (χ1n) is 6.98. The average Bonchev–Trinajstić information content (AvgIpc) is 2.36. The Kier molecular flexibility index (Phi) is 4.04. The van der Waals surface area contributed by atoms with Crippen molar-refractivity contribution in [1.82, 2.24) is 0 Å². The molecule has 0 saturated carbocycles. The Balaban J connectivity index is 2.34. The van der Waals surface area contributed by atoms with E-state index in [-0.39, 0.29) is 11.3 Å². The number of hydrogen-bond acceptors (Lipinski definition) is 3. The molecule has 1 heterocycles. The van der Waals surface area contributed by atoms with Gasteiger partial charge in [0.05, 0.1) is 18.9 Å². The lowest BCUT2D eigenvalue weighted by Gasteiger charge is -2.34. The predicted molar refractivity (Wildman–Crippen MR) is 79.0 cm³/mol. The van der Waals surface area contributed by atoms with Crippen molar-refractivity contribution in [1.29, 1.82) is 0 Å². The highest BCUT2D eigenvalue weighted by atomic mass is 16.5. The van der Waals surface area contributed by atoms with Crippen LogP contribution >= 0.6 is 0 Å². The molecule has 1 aromatic rings. The van der Waals surface area contributed by atoms with E-state index in [4.69, 9.17) is 4.74 Å². The number of aliphatic hydroxyl groups is 1. The van der Waals surface area contributed by atoms with Gasteiger partial charge in [-0.15, -0.1) is 0 Å². The van der Waals surface area contributed by atoms with Crippen molar-refractivity contribution in [2.24, 2.45) is 5.41 Å². The van der Waals surface area contributed by atoms with Crippen LogP contribution in [-0.2, 0) is 4.79 Å². The maximum atomic E-state index is 12.5. The summed E-state index contributed by atoms with van der Waals surface area (Å²) >= 11 is 0. The van der Waals surface area contributed by atoms with Crippen molar-refractivity contribution < 1.29 is 14.6 Å². The molecule has 4 nitrogen and oxygen atoms in total. The molecule has 0 saturated heterocycles. The minimum Gasteiger partial charge on any atom is -0.497 e. The fourth-order valence-electron chi connectivity index (χ4n) is 2.50. The molecule has 2 rings (SSSR count). The maximum absolute atomic E-state index is 12.5. The minimum absolute atomic E-state index is 0.0494. The van der Waals surface area contributed by atoms with Crippen molar-refractivity contribution in [3.8, 4) is 5.75 Å². The summed E-state index contributed by atoms with van der Waals surface area (Å²) in [5, 5.41) is 10.1. The van der Waals surface area contributed by atoms with E-state index < -0.39 is 6.10 Å². The molecule has 1 atom stereocenters. The van der Waals surface area contributed by atoms with Gasteiger partial charge in [-0.2, -0.15) is 0 Å². The number of nitrogens with zero attached hydrogens (tertiary/aromatic N) is 1. The summed E-state index contributed by atoms with van der Waals surface area (Å²) in [6, 6.07) is 5.49. The highest BCUT2D eigenvalue weighted by Gasteiger charge is 2.29. The number of anilines is 1. The Bertz CT molecular complexity index is 505. The molecule has 1 aliphatic rings. The van der Waals surface area contributed by atoms with Gasteiger partial charge in [-0.1, -0.05) is 26.8 Å². The minimum atomic E-state index is -0.505. The van der Waals surface area contributed by atoms with E-state index in [9.17, 15) is 9.90 Å². The fourth-order valence-corrected chi connectivity index (χ4v) is 2.50. The summed E-state index contributed by atoms with van der Waals surface area (Å²) in [4.78, 5) is 14.3. The van der Waals surface area contributed by atoms with Gasteiger partial charge in [-0.25, -0.2) is 0 Å². The lowest BCUT2D eigenvalue weighted by atomic mass is 9.90. The molecule has 0 aliphatic carbocycles. The smallest absolute Gasteiger partial charge is 0.227 e. The van der Waals surface area contributed by atoms with Crippen molar-refractivity contribution >= 4 is 11.6 Å². The van der Waals surface area contributed by atoms with Crippen LogP contribution in [0, 0.1) is 5.41 Å². The zero-order chi connectivity index (χ0) is 14.9. The summed E-state index contributed by atoms with van der Waals surface area (Å²) in [5.74, 6) is 0.797. The number of carbonyl (C=O) groups is 1. The van der Waals surface area contributed by atoms with Crippen LogP contribution in [0.1, 0.15) is 45.3 Å². The molecule has 4 heteroatoms. The van der Waals surface area contributed by atoms with Crippen molar-refractivity contribution in [2.75, 3.05) is 18.6 Å². The Morgan fingerprint density at radius 3 is 2.75 bits per heavy atom. The van der Waals surface area contributed by atoms with E-state index in [2.05, 4.69) is 20.8 Å². The largest absolute Gasteiger partial charge is 0.497 e. The Hall–Kier alpha value is -1.55. The van der Waals surface area contributed by atoms with Crippen molar-refractivity contribution in [3.05, 3.63) is 23.8 Å². The quantitative estimate of drug-likeness (QED) is 0.904. The Labute approximate surface area is 120 Å². The summed E-state index contributed by atoms with van der Waals surface area (Å²) in [5.41, 5.74) is 1.53. The predicted octanol–water partition coefficient (Wildman–Crippen LogP) is 2.90. The second kappa shape index (κ2) is 5.44. The number of rotatable bonds is 2. The zero-order valence-corrected chi connectivity index (χ0v) is 12.6. The highest BCUT2D eigenvalue weighted by Crippen LogP contribution is 2.37. The first-order valence-corrected chi connectivity index (χ1v) is 6.98. The third-order valence-corrected chi connectivity index (χ3v) is 3.50. The number of ether oxygens (including phenoxy) is 1. The summed E-state index contributed by atoms with van der Waals surface area (Å²) in [6.07, 6.45) is 0.559. The Morgan fingerprint density at radius 2 is 2.15 bits per heavy atom. The third kappa shape index (κ3) is 3.12. The van der Waals surface area contributed by atoms with Gasteiger partial charge in [0.1, 0.15) is 5.75 Å². The number of methoxy groups -OCH3 is 1. The third-order valence-electron chi connectivity index (χ3n) is 3.50. The number of fused-ring (bicyclic) bond motifs is 1. The van der Waals surface area contributed by atoms with Crippen LogP contribution in [0.4, 0.5) is 5.69 Å². The Morgan fingerprint density at radius 1 is 1.45 bits per heavy atom. The molecule has 1 aromatic carbocycles. The van der Waals surface area contributed by atoms with E-state index in [0.29, 0.717) is 25.1 Å². The second-order valence-corrected chi connectivity index (χ2v) is 6.51. The van der Waals surface area contributed by atoms with E-state index >= 15 is 0 Å². The summed E-state index contributed by atoms with van der Waals surface area (Å²) in [6.45, 7) is 6.71. The topological polar surface area (TPSA) is 49.8 Å². The van der Waals surface area contributed by atoms with Gasteiger partial charge in [0.15, 0.2) is 0 Å². The van der Waals surface area contributed by atoms with Gasteiger partial charge >= 0.3 is 0 Å². The average molecular weight is 277 g/mol. The molecule has 0 fully saturated rings. The lowest BCUT2D eigenvalue weighted by molar-refractivity contribution is -0.120. The van der Waals surface area contributed by atoms with Gasteiger partial charge in [0.2, 0.25) is 5.91 Å². The molecule has 0 radical (unpaired) electrons. The van der Waals surface area contributed by atoms with Crippen LogP contribution in [0.5, 0.6) is 5.75 Å². The van der Waals surface area contributed by atoms with Crippen LogP contribution < -0.4 is 9.64 Å². The van der Waals surface area contributed by atoms with E-state index in [1.807, 2.05) is 18.2 Å². The molecule has 1 amide bonds. The first-order chi connectivity index (χ1) is 9.31. The second-order valence-electron chi connectivity index (χ2n) is 6.51. The van der Waals surface area contributed by atoms with Crippen LogP contribution in [-0.4, -0.2) is 24.7 Å². The van der Waals surface area contributed by atoms with Crippen LogP contribution in [0.3, 0.4) is 0 Å². The SMILES string of the molecule is COc1ccc2c(c1)N(C(=O)CC(C)(C)C)CCC2O. The molecular formula is C16H23NO3. The number of carbonyl (C=O) groups excluding carboxylic acids is 1. The maximum Gasteiger partial charge on any atom is 0.227 e. The lowest BCUT2D eigenvalue weighted by Crippen LogP contribution is -2.38. The zero-order valence-electron chi connectivity index (χ0n) is 12.6. The number of amides is 1. The van der Waals surface area contributed by atoms with Crippen molar-refractivity contribution in [3.63, 3.8) is 0 Å². The van der Waals surface area contributed by atoms with Gasteiger partial charge in [-0.05, 0) is 17.9 Å². The van der Waals surface area contributed by atoms with E-state index in [1.54, 1.807) is 12.0 Å². The summed E-state index contributed by atoms with van der Waals surface area (Å²) < 4.78 is 5.22. The molecule has 20 heavy (non-hydrogen) atoms. The normalized spacial score (nSPS) is 18.6. The summed E-state index contributed by atoms with van der Waals surface area (Å²) in [7, 11) is 1.60. The van der Waals surface area contributed by atoms with E-state index in [1.165, 1.54) is 0 Å². The van der Waals surface area contributed by atoms with Crippen LogP contribution in [0.2, 0.25) is 0 Å². The van der Waals surface area contributed by atoms with Gasteiger partial charge in [0.25, 0.3) is 0 Å². The molecule has 1 aliphatic heterocycles. The van der Waals surface area contributed by atoms with Crippen LogP contribution in [0.25, 0.3) is 0 Å². The highest BCUT2D eigenvalue weighted by molar-refractivity contribution is 5.95. The van der Waals surface area contributed by atoms with Crippen molar-refractivity contribution in [2.45, 2.75) is 39.7 Å². The van der Waals surface area contributed by atoms with Crippen LogP contribution in [0.15, 0.2) is 18.2 Å². The molecule has 0 aromatic heterocycles. The van der Waals surface area contributed by atoms with Gasteiger partial charge in [0, 0.05) is 24.6 Å². The van der Waals surface area contributed by atoms with E-state index in [0.717, 1.165) is 11.3 Å². The molecule has 110 valence electrons. The molecule has 0 spiro atoms. The number of benzene rings is 1. The van der Waals surface area contributed by atoms with Gasteiger partial charge < -0.3 is 14.7 Å². The monoisotopic (exact) mass is 277 g/mol. The first kappa shape index (κ1) is 14.9. The number of aliphatic hydroxyl groups excluding tert-OH is 1. The standard InChI is InChI=1S/C16H23NO3/c1-16(2,3)10-15(19)17-8-7-14(18)12-6-5-11(20-4)9-13(12)17/h5-6,9,14,18H,7-8,10H2,1-4H3. The molecule has 0 bridgehead atoms. The fraction of sp³-hybridized carbons (Fsp3) is 0.562. The number of hydrogen-bond donors (Lipinski definition) is 1. The molecule has 1 N–H and O–H groups in total. The molecule has 1 unspecified atom stereocenters.